The molecule has 3 nitrogen and oxygen atoms in total. The van der Waals surface area contributed by atoms with Gasteiger partial charge in [-0.25, -0.2) is 4.98 Å². The van der Waals surface area contributed by atoms with Crippen LogP contribution in [-0.2, 0) is 0 Å². The summed E-state index contributed by atoms with van der Waals surface area (Å²) in [5, 5.41) is 4.42. The standard InChI is InChI=1S/C14H25N3S2/c1-3-10-15-12-8-6-4-5-7-9-13(12)18-14-16-11(2)17-19-14/h12-13,15H,3-10H2,1-2H3. The van der Waals surface area contributed by atoms with E-state index in [4.69, 9.17) is 0 Å². The average Bonchev–Trinajstić information content (AvgIpc) is 2.78. The van der Waals surface area contributed by atoms with Crippen LogP contribution in [-0.4, -0.2) is 27.2 Å². The van der Waals surface area contributed by atoms with Crippen molar-refractivity contribution < 1.29 is 0 Å². The van der Waals surface area contributed by atoms with Crippen molar-refractivity contribution in [2.45, 2.75) is 74.4 Å². The molecule has 0 aromatic carbocycles. The Morgan fingerprint density at radius 1 is 1.26 bits per heavy atom. The van der Waals surface area contributed by atoms with Gasteiger partial charge in [0.2, 0.25) is 0 Å². The molecule has 0 aliphatic heterocycles. The Hall–Kier alpha value is -0.130. The van der Waals surface area contributed by atoms with Crippen LogP contribution >= 0.6 is 23.3 Å². The molecule has 2 atom stereocenters. The van der Waals surface area contributed by atoms with Gasteiger partial charge in [0.15, 0.2) is 4.34 Å². The van der Waals surface area contributed by atoms with Gasteiger partial charge in [-0.2, -0.15) is 4.37 Å². The molecule has 0 bridgehead atoms. The molecular formula is C14H25N3S2. The fraction of sp³-hybridized carbons (Fsp3) is 0.857. The van der Waals surface area contributed by atoms with Crippen LogP contribution in [0.4, 0.5) is 0 Å². The van der Waals surface area contributed by atoms with Crippen LogP contribution in [0, 0.1) is 6.92 Å². The van der Waals surface area contributed by atoms with Crippen LogP contribution in [0.2, 0.25) is 0 Å². The first-order valence-electron chi connectivity index (χ1n) is 7.50. The summed E-state index contributed by atoms with van der Waals surface area (Å²) in [7, 11) is 0. The van der Waals surface area contributed by atoms with Crippen LogP contribution in [0.3, 0.4) is 0 Å². The predicted octanol–water partition coefficient (Wildman–Crippen LogP) is 4.03. The molecule has 0 amide bonds. The molecule has 2 unspecified atom stereocenters. The molecular weight excluding hydrogens is 274 g/mol. The van der Waals surface area contributed by atoms with E-state index in [9.17, 15) is 0 Å². The van der Waals surface area contributed by atoms with E-state index < -0.39 is 0 Å². The highest BCUT2D eigenvalue weighted by molar-refractivity contribution is 8.01. The maximum Gasteiger partial charge on any atom is 0.170 e. The van der Waals surface area contributed by atoms with Crippen LogP contribution in [0.15, 0.2) is 4.34 Å². The lowest BCUT2D eigenvalue weighted by molar-refractivity contribution is 0.400. The summed E-state index contributed by atoms with van der Waals surface area (Å²) >= 11 is 3.50. The smallest absolute Gasteiger partial charge is 0.170 e. The van der Waals surface area contributed by atoms with E-state index in [1.54, 1.807) is 11.5 Å². The Kier molecular flexibility index (Phi) is 6.61. The SMILES string of the molecule is CCCNC1CCCCCCC1Sc1nc(C)ns1. The third-order valence-corrected chi connectivity index (χ3v) is 5.90. The van der Waals surface area contributed by atoms with Crippen LogP contribution < -0.4 is 5.32 Å². The number of aromatic nitrogens is 2. The summed E-state index contributed by atoms with van der Waals surface area (Å²) in [5.74, 6) is 0.913. The van der Waals surface area contributed by atoms with Gasteiger partial charge in [-0.05, 0) is 44.3 Å². The second-order valence-corrected chi connectivity index (χ2v) is 7.55. The highest BCUT2D eigenvalue weighted by atomic mass is 32.2. The summed E-state index contributed by atoms with van der Waals surface area (Å²) in [5.41, 5.74) is 0. The summed E-state index contributed by atoms with van der Waals surface area (Å²) in [6, 6.07) is 0.648. The Bertz CT molecular complexity index is 365. The lowest BCUT2D eigenvalue weighted by atomic mass is 9.96. The minimum absolute atomic E-state index is 0.648. The van der Waals surface area contributed by atoms with Gasteiger partial charge in [-0.15, -0.1) is 0 Å². The minimum Gasteiger partial charge on any atom is -0.313 e. The van der Waals surface area contributed by atoms with Crippen LogP contribution in [0.5, 0.6) is 0 Å². The zero-order chi connectivity index (χ0) is 13.5. The first-order valence-corrected chi connectivity index (χ1v) is 9.15. The van der Waals surface area contributed by atoms with Gasteiger partial charge in [0.05, 0.1) is 0 Å². The second kappa shape index (κ2) is 8.22. The summed E-state index contributed by atoms with van der Waals surface area (Å²) in [6.07, 6.45) is 9.37. The Labute approximate surface area is 125 Å². The van der Waals surface area contributed by atoms with E-state index in [0.29, 0.717) is 11.3 Å². The van der Waals surface area contributed by atoms with E-state index in [0.717, 1.165) is 16.7 Å². The molecule has 1 saturated carbocycles. The fourth-order valence-corrected chi connectivity index (χ4v) is 4.81. The topological polar surface area (TPSA) is 37.8 Å². The molecule has 1 aromatic rings. The molecule has 1 fully saturated rings. The Balaban J connectivity index is 1.97. The average molecular weight is 300 g/mol. The summed E-state index contributed by atoms with van der Waals surface area (Å²) in [4.78, 5) is 4.52. The maximum absolute atomic E-state index is 4.52. The van der Waals surface area contributed by atoms with E-state index in [-0.39, 0.29) is 0 Å². The molecule has 1 aromatic heterocycles. The van der Waals surface area contributed by atoms with Crippen molar-refractivity contribution >= 4 is 23.3 Å². The number of aryl methyl sites for hydroxylation is 1. The third-order valence-electron chi connectivity index (χ3n) is 3.62. The molecule has 19 heavy (non-hydrogen) atoms. The van der Waals surface area contributed by atoms with E-state index in [1.807, 2.05) is 18.7 Å². The molecule has 108 valence electrons. The fourth-order valence-electron chi connectivity index (χ4n) is 2.61. The zero-order valence-corrected chi connectivity index (χ0v) is 13.7. The normalized spacial score (nSPS) is 24.9. The number of rotatable bonds is 5. The van der Waals surface area contributed by atoms with Crippen molar-refractivity contribution in [3.63, 3.8) is 0 Å². The molecule has 5 heteroatoms. The van der Waals surface area contributed by atoms with Crippen molar-refractivity contribution in [3.8, 4) is 0 Å². The minimum atomic E-state index is 0.648. The molecule has 0 radical (unpaired) electrons. The van der Waals surface area contributed by atoms with Crippen molar-refractivity contribution in [2.75, 3.05) is 6.54 Å². The summed E-state index contributed by atoms with van der Waals surface area (Å²) in [6.45, 7) is 5.36. The van der Waals surface area contributed by atoms with E-state index in [2.05, 4.69) is 21.6 Å². The van der Waals surface area contributed by atoms with Gasteiger partial charge in [0.1, 0.15) is 5.82 Å². The first-order chi connectivity index (χ1) is 9.29. The van der Waals surface area contributed by atoms with Gasteiger partial charge in [-0.3, -0.25) is 0 Å². The molecule has 1 heterocycles. The number of nitrogens with zero attached hydrogens (tertiary/aromatic N) is 2. The number of thioether (sulfide) groups is 1. The maximum atomic E-state index is 4.52. The monoisotopic (exact) mass is 299 g/mol. The van der Waals surface area contributed by atoms with Gasteiger partial charge in [0, 0.05) is 11.3 Å². The molecule has 0 spiro atoms. The molecule has 2 rings (SSSR count). The second-order valence-electron chi connectivity index (χ2n) is 5.32. The predicted molar refractivity (Wildman–Crippen MR) is 84.1 cm³/mol. The summed E-state index contributed by atoms with van der Waals surface area (Å²) < 4.78 is 5.45. The molecule has 1 aliphatic rings. The molecule has 0 saturated heterocycles. The van der Waals surface area contributed by atoms with Gasteiger partial charge >= 0.3 is 0 Å². The highest BCUT2D eigenvalue weighted by Crippen LogP contribution is 2.33. The van der Waals surface area contributed by atoms with Crippen molar-refractivity contribution in [2.24, 2.45) is 0 Å². The van der Waals surface area contributed by atoms with Crippen LogP contribution in [0.25, 0.3) is 0 Å². The molecule has 1 aliphatic carbocycles. The molecule has 1 N–H and O–H groups in total. The highest BCUT2D eigenvalue weighted by Gasteiger charge is 2.24. The van der Waals surface area contributed by atoms with Crippen molar-refractivity contribution in [3.05, 3.63) is 5.82 Å². The van der Waals surface area contributed by atoms with Crippen LogP contribution in [0.1, 0.15) is 57.7 Å². The quantitative estimate of drug-likeness (QED) is 0.891. The van der Waals surface area contributed by atoms with Gasteiger partial charge in [0.25, 0.3) is 0 Å². The number of nitrogens with one attached hydrogen (secondary N) is 1. The lowest BCUT2D eigenvalue weighted by Crippen LogP contribution is -2.39. The van der Waals surface area contributed by atoms with Crippen molar-refractivity contribution in [1.82, 2.24) is 14.7 Å². The van der Waals surface area contributed by atoms with Gasteiger partial charge < -0.3 is 5.32 Å². The lowest BCUT2D eigenvalue weighted by Gasteiger charge is -2.29. The number of hydrogen-bond donors (Lipinski definition) is 1. The third kappa shape index (κ3) is 5.04. The first kappa shape index (κ1) is 15.3. The Morgan fingerprint density at radius 2 is 2.05 bits per heavy atom. The van der Waals surface area contributed by atoms with E-state index in [1.165, 1.54) is 44.9 Å². The van der Waals surface area contributed by atoms with Gasteiger partial charge in [-0.1, -0.05) is 44.4 Å². The van der Waals surface area contributed by atoms with E-state index >= 15 is 0 Å². The largest absolute Gasteiger partial charge is 0.313 e. The van der Waals surface area contributed by atoms with Crippen molar-refractivity contribution in [1.29, 1.82) is 0 Å². The zero-order valence-electron chi connectivity index (χ0n) is 12.0. The Morgan fingerprint density at radius 3 is 2.74 bits per heavy atom. The number of hydrogen-bond acceptors (Lipinski definition) is 5.